The van der Waals surface area contributed by atoms with Crippen molar-refractivity contribution in [1.82, 2.24) is 0 Å². The van der Waals surface area contributed by atoms with E-state index in [4.69, 9.17) is 0 Å². The van der Waals surface area contributed by atoms with Crippen LogP contribution in [-0.4, -0.2) is 5.78 Å². The first-order chi connectivity index (χ1) is 10.2. The van der Waals surface area contributed by atoms with Crippen molar-refractivity contribution in [2.45, 2.75) is 6.92 Å². The molecule has 100 valence electrons. The van der Waals surface area contributed by atoms with E-state index in [-0.39, 0.29) is 5.78 Å². The van der Waals surface area contributed by atoms with Gasteiger partial charge in [0.2, 0.25) is 5.78 Å². The van der Waals surface area contributed by atoms with Crippen molar-refractivity contribution >= 4 is 16.6 Å². The van der Waals surface area contributed by atoms with E-state index in [0.29, 0.717) is 5.56 Å². The van der Waals surface area contributed by atoms with Crippen LogP contribution in [0, 0.1) is 18.8 Å². The number of ketones is 1. The van der Waals surface area contributed by atoms with Crippen LogP contribution in [-0.2, 0) is 0 Å². The lowest BCUT2D eigenvalue weighted by Crippen LogP contribution is -1.94. The van der Waals surface area contributed by atoms with Gasteiger partial charge in [-0.2, -0.15) is 0 Å². The maximum atomic E-state index is 12.0. The largest absolute Gasteiger partial charge is 0.279 e. The molecule has 0 aliphatic heterocycles. The molecule has 0 aliphatic carbocycles. The van der Waals surface area contributed by atoms with Gasteiger partial charge in [-0.25, -0.2) is 0 Å². The predicted molar refractivity (Wildman–Crippen MR) is 86.3 cm³/mol. The Morgan fingerprint density at radius 1 is 0.857 bits per heavy atom. The smallest absolute Gasteiger partial charge is 0.236 e. The van der Waals surface area contributed by atoms with Crippen molar-refractivity contribution in [3.05, 3.63) is 83.4 Å². The summed E-state index contributed by atoms with van der Waals surface area (Å²) < 4.78 is 0. The summed E-state index contributed by atoms with van der Waals surface area (Å²) in [7, 11) is 0. The Morgan fingerprint density at radius 3 is 2.33 bits per heavy atom. The molecule has 3 rings (SSSR count). The second kappa shape index (κ2) is 5.64. The van der Waals surface area contributed by atoms with E-state index in [1.165, 1.54) is 5.39 Å². The maximum Gasteiger partial charge on any atom is 0.236 e. The van der Waals surface area contributed by atoms with Crippen LogP contribution < -0.4 is 0 Å². The first-order valence-electron chi connectivity index (χ1n) is 6.84. The minimum atomic E-state index is -0.150. The summed E-state index contributed by atoms with van der Waals surface area (Å²) in [4.78, 5) is 12.0. The molecule has 0 unspecified atom stereocenters. The lowest BCUT2D eigenvalue weighted by molar-refractivity contribution is 0.105. The van der Waals surface area contributed by atoms with Crippen molar-refractivity contribution in [2.75, 3.05) is 0 Å². The van der Waals surface area contributed by atoms with Crippen molar-refractivity contribution < 1.29 is 4.79 Å². The van der Waals surface area contributed by atoms with E-state index in [1.54, 1.807) is 0 Å². The van der Waals surface area contributed by atoms with E-state index in [0.717, 1.165) is 16.5 Å². The first-order valence-corrected chi connectivity index (χ1v) is 6.84. The minimum Gasteiger partial charge on any atom is -0.279 e. The van der Waals surface area contributed by atoms with Crippen LogP contribution in [0.1, 0.15) is 21.5 Å². The molecule has 0 N–H and O–H groups in total. The van der Waals surface area contributed by atoms with Gasteiger partial charge in [-0.05, 0) is 35.7 Å². The van der Waals surface area contributed by atoms with Gasteiger partial charge < -0.3 is 0 Å². The molecule has 0 heterocycles. The lowest BCUT2D eigenvalue weighted by Gasteiger charge is -1.97. The zero-order valence-corrected chi connectivity index (χ0v) is 11.8. The molecule has 3 aromatic carbocycles. The fourth-order valence-electron chi connectivity index (χ4n) is 2.17. The average Bonchev–Trinajstić information content (AvgIpc) is 2.53. The summed E-state index contributed by atoms with van der Waals surface area (Å²) >= 11 is 0. The predicted octanol–water partition coefficient (Wildman–Crippen LogP) is 4.38. The number of fused-ring (bicyclic) bond motifs is 1. The van der Waals surface area contributed by atoms with Crippen molar-refractivity contribution in [2.24, 2.45) is 0 Å². The molecule has 21 heavy (non-hydrogen) atoms. The SMILES string of the molecule is Cc1ccc(C(=O)C#Cc2ccc3ccccc3c2)cc1. The molecule has 3 aromatic rings. The van der Waals surface area contributed by atoms with Crippen LogP contribution in [0.2, 0.25) is 0 Å². The van der Waals surface area contributed by atoms with Crippen LogP contribution in [0.3, 0.4) is 0 Å². The van der Waals surface area contributed by atoms with E-state index in [2.05, 4.69) is 17.9 Å². The molecular formula is C20H14O. The molecule has 0 aliphatic rings. The number of carbonyl (C=O) groups excluding carboxylic acids is 1. The van der Waals surface area contributed by atoms with Crippen LogP contribution in [0.25, 0.3) is 10.8 Å². The Kier molecular flexibility index (Phi) is 3.53. The van der Waals surface area contributed by atoms with Gasteiger partial charge in [0.1, 0.15) is 0 Å². The zero-order valence-electron chi connectivity index (χ0n) is 11.8. The number of carbonyl (C=O) groups is 1. The molecule has 0 saturated carbocycles. The zero-order chi connectivity index (χ0) is 14.7. The van der Waals surface area contributed by atoms with Gasteiger partial charge in [0.05, 0.1) is 0 Å². The summed E-state index contributed by atoms with van der Waals surface area (Å²) in [5, 5.41) is 2.31. The van der Waals surface area contributed by atoms with Crippen LogP contribution >= 0.6 is 0 Å². The average molecular weight is 270 g/mol. The Bertz CT molecular complexity index is 861. The molecule has 0 spiro atoms. The number of hydrogen-bond donors (Lipinski definition) is 0. The fraction of sp³-hybridized carbons (Fsp3) is 0.0500. The number of Topliss-reactive ketones (excluding diaryl/α,β-unsaturated/α-hetero) is 1. The van der Waals surface area contributed by atoms with Crippen molar-refractivity contribution in [3.8, 4) is 11.8 Å². The van der Waals surface area contributed by atoms with Crippen LogP contribution in [0.4, 0.5) is 0 Å². The van der Waals surface area contributed by atoms with Gasteiger partial charge in [0.15, 0.2) is 0 Å². The molecule has 0 bridgehead atoms. The molecule has 0 atom stereocenters. The van der Waals surface area contributed by atoms with Gasteiger partial charge in [-0.3, -0.25) is 4.79 Å². The summed E-state index contributed by atoms with van der Waals surface area (Å²) in [6, 6.07) is 21.5. The molecule has 0 fully saturated rings. The molecule has 0 saturated heterocycles. The normalized spacial score (nSPS) is 9.95. The van der Waals surface area contributed by atoms with Gasteiger partial charge in [0, 0.05) is 11.1 Å². The second-order valence-corrected chi connectivity index (χ2v) is 5.01. The summed E-state index contributed by atoms with van der Waals surface area (Å²) in [5.74, 6) is 5.51. The van der Waals surface area contributed by atoms with Crippen LogP contribution in [0.15, 0.2) is 66.7 Å². The van der Waals surface area contributed by atoms with Gasteiger partial charge in [-0.1, -0.05) is 66.1 Å². The highest BCUT2D eigenvalue weighted by Crippen LogP contribution is 2.15. The Labute approximate surface area is 124 Å². The Hall–Kier alpha value is -2.85. The molecule has 0 amide bonds. The summed E-state index contributed by atoms with van der Waals surface area (Å²) in [6.45, 7) is 2.00. The monoisotopic (exact) mass is 270 g/mol. The number of rotatable bonds is 1. The number of benzene rings is 3. The fourth-order valence-corrected chi connectivity index (χ4v) is 2.17. The Morgan fingerprint density at radius 2 is 1.57 bits per heavy atom. The first kappa shape index (κ1) is 13.1. The quantitative estimate of drug-likeness (QED) is 0.473. The van der Waals surface area contributed by atoms with E-state index in [1.807, 2.05) is 67.6 Å². The third-order valence-electron chi connectivity index (χ3n) is 3.38. The molecule has 0 aromatic heterocycles. The van der Waals surface area contributed by atoms with E-state index >= 15 is 0 Å². The van der Waals surface area contributed by atoms with E-state index in [9.17, 15) is 4.79 Å². The van der Waals surface area contributed by atoms with Gasteiger partial charge >= 0.3 is 0 Å². The number of aryl methyl sites for hydroxylation is 1. The highest BCUT2D eigenvalue weighted by atomic mass is 16.1. The molecule has 1 nitrogen and oxygen atoms in total. The molecule has 0 radical (unpaired) electrons. The standard InChI is InChI=1S/C20H14O/c1-15-6-10-18(11-7-15)20(21)13-9-16-8-12-17-4-2-3-5-19(17)14-16/h2-8,10-12,14H,1H3. The highest BCUT2D eigenvalue weighted by Gasteiger charge is 2.00. The summed E-state index contributed by atoms with van der Waals surface area (Å²) in [5.41, 5.74) is 2.62. The van der Waals surface area contributed by atoms with E-state index < -0.39 is 0 Å². The summed E-state index contributed by atoms with van der Waals surface area (Å²) in [6.07, 6.45) is 0. The maximum absolute atomic E-state index is 12.0. The van der Waals surface area contributed by atoms with Crippen LogP contribution in [0.5, 0.6) is 0 Å². The highest BCUT2D eigenvalue weighted by molar-refractivity contribution is 6.09. The van der Waals surface area contributed by atoms with Gasteiger partial charge in [0.25, 0.3) is 0 Å². The minimum absolute atomic E-state index is 0.150. The van der Waals surface area contributed by atoms with Gasteiger partial charge in [-0.15, -0.1) is 0 Å². The third kappa shape index (κ3) is 3.01. The van der Waals surface area contributed by atoms with Crippen molar-refractivity contribution in [1.29, 1.82) is 0 Å². The number of hydrogen-bond acceptors (Lipinski definition) is 1. The topological polar surface area (TPSA) is 17.1 Å². The third-order valence-corrected chi connectivity index (χ3v) is 3.38. The molecular weight excluding hydrogens is 256 g/mol. The van der Waals surface area contributed by atoms with Crippen molar-refractivity contribution in [3.63, 3.8) is 0 Å². The Balaban J connectivity index is 1.88. The lowest BCUT2D eigenvalue weighted by atomic mass is 10.1. The second-order valence-electron chi connectivity index (χ2n) is 5.01. The molecule has 1 heteroatoms.